The monoisotopic (exact) mass is 470 g/mol. The van der Waals surface area contributed by atoms with E-state index in [0.29, 0.717) is 17.9 Å². The normalized spacial score (nSPS) is 10.5. The smallest absolute Gasteiger partial charge is 0.261 e. The number of thiocarbonyl (C=S) groups is 1. The molecule has 0 aliphatic carbocycles. The lowest BCUT2D eigenvalue weighted by molar-refractivity contribution is 0.0973. The van der Waals surface area contributed by atoms with Crippen LogP contribution in [0.25, 0.3) is 0 Å². The van der Waals surface area contributed by atoms with E-state index in [1.54, 1.807) is 6.07 Å². The molecule has 1 amide bonds. The number of hydrogen-bond donors (Lipinski definition) is 2. The predicted octanol–water partition coefficient (Wildman–Crippen LogP) is 7.12. The van der Waals surface area contributed by atoms with E-state index < -0.39 is 0 Å². The molecule has 2 aromatic carbocycles. The van der Waals surface area contributed by atoms with Crippen molar-refractivity contribution in [2.75, 3.05) is 18.5 Å². The van der Waals surface area contributed by atoms with Crippen molar-refractivity contribution in [2.45, 2.75) is 71.6 Å². The standard InChI is InChI=1S/C27H38N2O3S/c1-3-5-7-9-13-20-31-23-18-16-22(17-19-23)28-27(33)29-26(30)24-14-10-11-15-25(24)32-21-12-8-6-4-2/h10-11,14-19H,3-9,12-13,20-21H2,1-2H3,(H2,28,29,30,33). The van der Waals surface area contributed by atoms with Crippen LogP contribution in [-0.2, 0) is 0 Å². The maximum atomic E-state index is 12.7. The molecular formula is C27H38N2O3S. The second kappa shape index (κ2) is 16.1. The molecule has 33 heavy (non-hydrogen) atoms. The number of anilines is 1. The lowest BCUT2D eigenvalue weighted by Gasteiger charge is -2.13. The zero-order chi connectivity index (χ0) is 23.7. The van der Waals surface area contributed by atoms with E-state index in [9.17, 15) is 4.79 Å². The Balaban J connectivity index is 1.78. The second-order valence-electron chi connectivity index (χ2n) is 8.10. The van der Waals surface area contributed by atoms with Gasteiger partial charge in [-0.1, -0.05) is 70.9 Å². The van der Waals surface area contributed by atoms with E-state index in [0.717, 1.165) is 37.3 Å². The van der Waals surface area contributed by atoms with Gasteiger partial charge in [0, 0.05) is 5.69 Å². The summed E-state index contributed by atoms with van der Waals surface area (Å²) in [6.45, 7) is 5.72. The van der Waals surface area contributed by atoms with Crippen LogP contribution in [0.3, 0.4) is 0 Å². The van der Waals surface area contributed by atoms with Crippen molar-refractivity contribution in [1.29, 1.82) is 0 Å². The van der Waals surface area contributed by atoms with Crippen LogP contribution in [0.4, 0.5) is 5.69 Å². The van der Waals surface area contributed by atoms with Gasteiger partial charge in [-0.25, -0.2) is 0 Å². The first-order valence-corrected chi connectivity index (χ1v) is 12.6. The molecule has 0 atom stereocenters. The fraction of sp³-hybridized carbons (Fsp3) is 0.481. The molecule has 0 aliphatic heterocycles. The molecule has 0 radical (unpaired) electrons. The van der Waals surface area contributed by atoms with Gasteiger partial charge in [-0.3, -0.25) is 10.1 Å². The summed E-state index contributed by atoms with van der Waals surface area (Å²) in [6.07, 6.45) is 10.5. The average Bonchev–Trinajstić information content (AvgIpc) is 2.82. The van der Waals surface area contributed by atoms with Crippen LogP contribution < -0.4 is 20.1 Å². The number of amides is 1. The number of carbonyl (C=O) groups excluding carboxylic acids is 1. The minimum absolute atomic E-state index is 0.238. The molecule has 2 aromatic rings. The van der Waals surface area contributed by atoms with Gasteiger partial charge in [0.15, 0.2) is 5.11 Å². The number of unbranched alkanes of at least 4 members (excludes halogenated alkanes) is 7. The molecule has 0 aliphatic rings. The highest BCUT2D eigenvalue weighted by Crippen LogP contribution is 2.19. The topological polar surface area (TPSA) is 59.6 Å². The van der Waals surface area contributed by atoms with E-state index in [1.165, 1.54) is 38.5 Å². The van der Waals surface area contributed by atoms with Crippen molar-refractivity contribution in [3.8, 4) is 11.5 Å². The Bertz CT molecular complexity index is 840. The van der Waals surface area contributed by atoms with Gasteiger partial charge >= 0.3 is 0 Å². The molecule has 0 aromatic heterocycles. The Morgan fingerprint density at radius 1 is 0.788 bits per heavy atom. The van der Waals surface area contributed by atoms with Gasteiger partial charge in [0.2, 0.25) is 0 Å². The third-order valence-electron chi connectivity index (χ3n) is 5.24. The summed E-state index contributed by atoms with van der Waals surface area (Å²) in [5.74, 6) is 1.11. The first-order valence-electron chi connectivity index (χ1n) is 12.2. The highest BCUT2D eigenvalue weighted by Gasteiger charge is 2.13. The lowest BCUT2D eigenvalue weighted by atomic mass is 10.2. The number of ether oxygens (including phenoxy) is 2. The van der Waals surface area contributed by atoms with Crippen molar-refractivity contribution < 1.29 is 14.3 Å². The van der Waals surface area contributed by atoms with Gasteiger partial charge in [-0.15, -0.1) is 0 Å². The van der Waals surface area contributed by atoms with Crippen molar-refractivity contribution in [3.63, 3.8) is 0 Å². The Hall–Kier alpha value is -2.60. The number of carbonyl (C=O) groups is 1. The molecule has 180 valence electrons. The molecule has 2 rings (SSSR count). The molecule has 0 saturated carbocycles. The van der Waals surface area contributed by atoms with Gasteiger partial charge in [-0.05, 0) is 61.5 Å². The van der Waals surface area contributed by atoms with E-state index in [4.69, 9.17) is 21.7 Å². The Kier molecular flexibility index (Phi) is 13.0. The van der Waals surface area contributed by atoms with E-state index in [1.807, 2.05) is 42.5 Å². The minimum Gasteiger partial charge on any atom is -0.494 e. The maximum Gasteiger partial charge on any atom is 0.261 e. The summed E-state index contributed by atoms with van der Waals surface area (Å²) in [6, 6.07) is 14.8. The molecule has 0 saturated heterocycles. The molecule has 0 bridgehead atoms. The number of para-hydroxylation sites is 1. The van der Waals surface area contributed by atoms with Crippen molar-refractivity contribution >= 4 is 28.9 Å². The van der Waals surface area contributed by atoms with Gasteiger partial charge in [-0.2, -0.15) is 0 Å². The molecule has 6 heteroatoms. The second-order valence-corrected chi connectivity index (χ2v) is 8.51. The number of rotatable bonds is 15. The Labute approximate surface area is 204 Å². The van der Waals surface area contributed by atoms with Crippen LogP contribution in [0, 0.1) is 0 Å². The van der Waals surface area contributed by atoms with E-state index in [2.05, 4.69) is 24.5 Å². The predicted molar refractivity (Wildman–Crippen MR) is 140 cm³/mol. The average molecular weight is 471 g/mol. The van der Waals surface area contributed by atoms with Crippen LogP contribution in [0.15, 0.2) is 48.5 Å². The number of nitrogens with one attached hydrogen (secondary N) is 2. The van der Waals surface area contributed by atoms with Crippen LogP contribution in [-0.4, -0.2) is 24.2 Å². The van der Waals surface area contributed by atoms with Crippen LogP contribution in [0.2, 0.25) is 0 Å². The van der Waals surface area contributed by atoms with Gasteiger partial charge < -0.3 is 14.8 Å². The third-order valence-corrected chi connectivity index (χ3v) is 5.45. The fourth-order valence-corrected chi connectivity index (χ4v) is 3.56. The largest absolute Gasteiger partial charge is 0.494 e. The summed E-state index contributed by atoms with van der Waals surface area (Å²) in [7, 11) is 0. The molecular weight excluding hydrogens is 432 g/mol. The van der Waals surface area contributed by atoms with Crippen molar-refractivity contribution in [2.24, 2.45) is 0 Å². The first kappa shape index (κ1) is 26.7. The molecule has 0 spiro atoms. The highest BCUT2D eigenvalue weighted by atomic mass is 32.1. The zero-order valence-corrected chi connectivity index (χ0v) is 20.8. The maximum absolute atomic E-state index is 12.7. The Morgan fingerprint density at radius 2 is 1.39 bits per heavy atom. The third kappa shape index (κ3) is 10.7. The first-order chi connectivity index (χ1) is 16.1. The van der Waals surface area contributed by atoms with Crippen LogP contribution >= 0.6 is 12.2 Å². The molecule has 0 unspecified atom stereocenters. The SMILES string of the molecule is CCCCCCCOc1ccc(NC(=S)NC(=O)c2ccccc2OCCCCCC)cc1. The number of benzene rings is 2. The lowest BCUT2D eigenvalue weighted by Crippen LogP contribution is -2.34. The summed E-state index contributed by atoms with van der Waals surface area (Å²) < 4.78 is 11.6. The quantitative estimate of drug-likeness (QED) is 0.214. The van der Waals surface area contributed by atoms with Gasteiger partial charge in [0.1, 0.15) is 11.5 Å². The molecule has 0 fully saturated rings. The summed E-state index contributed by atoms with van der Waals surface area (Å²) in [5, 5.41) is 6.03. The molecule has 2 N–H and O–H groups in total. The minimum atomic E-state index is -0.292. The number of hydrogen-bond acceptors (Lipinski definition) is 4. The van der Waals surface area contributed by atoms with Gasteiger partial charge in [0.25, 0.3) is 5.91 Å². The fourth-order valence-electron chi connectivity index (χ4n) is 3.35. The van der Waals surface area contributed by atoms with Crippen molar-refractivity contribution in [1.82, 2.24) is 5.32 Å². The van der Waals surface area contributed by atoms with Gasteiger partial charge in [0.05, 0.1) is 18.8 Å². The van der Waals surface area contributed by atoms with Crippen LogP contribution in [0.5, 0.6) is 11.5 Å². The molecule has 0 heterocycles. The summed E-state index contributed by atoms with van der Waals surface area (Å²) >= 11 is 5.33. The highest BCUT2D eigenvalue weighted by molar-refractivity contribution is 7.80. The van der Waals surface area contributed by atoms with Crippen molar-refractivity contribution in [3.05, 3.63) is 54.1 Å². The zero-order valence-electron chi connectivity index (χ0n) is 20.0. The summed E-state index contributed by atoms with van der Waals surface area (Å²) in [5.41, 5.74) is 1.26. The Morgan fingerprint density at radius 3 is 2.09 bits per heavy atom. The molecule has 5 nitrogen and oxygen atoms in total. The summed E-state index contributed by atoms with van der Waals surface area (Å²) in [4.78, 5) is 12.7. The van der Waals surface area contributed by atoms with E-state index >= 15 is 0 Å². The van der Waals surface area contributed by atoms with Crippen LogP contribution in [0.1, 0.15) is 82.0 Å². The van der Waals surface area contributed by atoms with E-state index in [-0.39, 0.29) is 11.0 Å².